The number of aliphatic hydroxyl groups is 1. The van der Waals surface area contributed by atoms with Crippen molar-refractivity contribution in [2.24, 2.45) is 11.7 Å². The molecule has 0 bridgehead atoms. The molecule has 1 heterocycles. The first kappa shape index (κ1) is 6.99. The maximum Gasteiger partial charge on any atom is 0.0558 e. The molecule has 1 saturated heterocycles. The molecule has 0 unspecified atom stereocenters. The molecule has 0 spiro atoms. The van der Waals surface area contributed by atoms with Crippen molar-refractivity contribution >= 4 is 0 Å². The van der Waals surface area contributed by atoms with E-state index in [4.69, 9.17) is 10.8 Å². The van der Waals surface area contributed by atoms with Crippen LogP contribution in [0.1, 0.15) is 0 Å². The Morgan fingerprint density at radius 3 is 2.67 bits per heavy atom. The Morgan fingerprint density at radius 1 is 1.56 bits per heavy atom. The summed E-state index contributed by atoms with van der Waals surface area (Å²) in [6.07, 6.45) is 0. The fraction of sp³-hybridized carbons (Fsp3) is 1.00. The van der Waals surface area contributed by atoms with Gasteiger partial charge >= 0.3 is 0 Å². The summed E-state index contributed by atoms with van der Waals surface area (Å²) in [4.78, 5) is 2.21. The Balaban J connectivity index is 1.98. The fourth-order valence-corrected chi connectivity index (χ4v) is 1.15. The molecule has 0 atom stereocenters. The van der Waals surface area contributed by atoms with Crippen LogP contribution in [-0.2, 0) is 0 Å². The maximum absolute atomic E-state index is 8.49. The highest BCUT2D eigenvalue weighted by molar-refractivity contribution is 4.79. The first-order chi connectivity index (χ1) is 4.36. The van der Waals surface area contributed by atoms with Crippen molar-refractivity contribution in [1.29, 1.82) is 0 Å². The van der Waals surface area contributed by atoms with Gasteiger partial charge in [0, 0.05) is 19.6 Å². The van der Waals surface area contributed by atoms with E-state index in [1.54, 1.807) is 0 Å². The molecular weight excluding hydrogens is 116 g/mol. The number of hydrogen-bond donors (Lipinski definition) is 2. The molecular formula is C6H14N2O. The lowest BCUT2D eigenvalue weighted by Gasteiger charge is -2.38. The van der Waals surface area contributed by atoms with Crippen LogP contribution in [0.2, 0.25) is 0 Å². The van der Waals surface area contributed by atoms with Crippen molar-refractivity contribution in [1.82, 2.24) is 4.90 Å². The third-order valence-electron chi connectivity index (χ3n) is 1.78. The number of rotatable bonds is 3. The van der Waals surface area contributed by atoms with Gasteiger partial charge in [0.25, 0.3) is 0 Å². The van der Waals surface area contributed by atoms with E-state index in [2.05, 4.69) is 4.90 Å². The van der Waals surface area contributed by atoms with E-state index in [-0.39, 0.29) is 6.61 Å². The number of β-amino-alcohol motifs (C(OH)–C–C–N with tert-alkyl or cyclic N) is 1. The van der Waals surface area contributed by atoms with E-state index >= 15 is 0 Å². The molecule has 0 aromatic heterocycles. The van der Waals surface area contributed by atoms with E-state index in [9.17, 15) is 0 Å². The van der Waals surface area contributed by atoms with Crippen molar-refractivity contribution in [3.05, 3.63) is 0 Å². The molecule has 9 heavy (non-hydrogen) atoms. The van der Waals surface area contributed by atoms with E-state index in [0.29, 0.717) is 5.92 Å². The second-order valence-electron chi connectivity index (χ2n) is 2.58. The summed E-state index contributed by atoms with van der Waals surface area (Å²) in [5.74, 6) is 0.691. The second kappa shape index (κ2) is 3.15. The zero-order valence-corrected chi connectivity index (χ0v) is 5.58. The largest absolute Gasteiger partial charge is 0.395 e. The van der Waals surface area contributed by atoms with Gasteiger partial charge in [0.2, 0.25) is 0 Å². The summed E-state index contributed by atoms with van der Waals surface area (Å²) >= 11 is 0. The second-order valence-corrected chi connectivity index (χ2v) is 2.58. The van der Waals surface area contributed by atoms with Gasteiger partial charge in [0.05, 0.1) is 6.61 Å². The Kier molecular flexibility index (Phi) is 2.45. The first-order valence-corrected chi connectivity index (χ1v) is 3.40. The summed E-state index contributed by atoms with van der Waals surface area (Å²) in [7, 11) is 0. The molecule has 1 aliphatic rings. The van der Waals surface area contributed by atoms with Gasteiger partial charge in [-0.05, 0) is 12.5 Å². The van der Waals surface area contributed by atoms with Crippen molar-refractivity contribution in [3.8, 4) is 0 Å². The van der Waals surface area contributed by atoms with Crippen LogP contribution in [-0.4, -0.2) is 42.8 Å². The number of nitrogens with zero attached hydrogens (tertiary/aromatic N) is 1. The molecule has 1 rings (SSSR count). The lowest BCUT2D eigenvalue weighted by atomic mass is 10.0. The smallest absolute Gasteiger partial charge is 0.0558 e. The SMILES string of the molecule is NCC1CN(CCO)C1. The Labute approximate surface area is 55.5 Å². The van der Waals surface area contributed by atoms with Gasteiger partial charge in [-0.2, -0.15) is 0 Å². The molecule has 3 nitrogen and oxygen atoms in total. The van der Waals surface area contributed by atoms with Crippen LogP contribution in [0, 0.1) is 5.92 Å². The molecule has 0 radical (unpaired) electrons. The van der Waals surface area contributed by atoms with Gasteiger partial charge in [0.15, 0.2) is 0 Å². The van der Waals surface area contributed by atoms with E-state index < -0.39 is 0 Å². The van der Waals surface area contributed by atoms with Gasteiger partial charge in [-0.25, -0.2) is 0 Å². The topological polar surface area (TPSA) is 49.5 Å². The molecule has 54 valence electrons. The summed E-state index contributed by atoms with van der Waals surface area (Å²) in [6, 6.07) is 0. The summed E-state index contributed by atoms with van der Waals surface area (Å²) in [6.45, 7) is 4.05. The lowest BCUT2D eigenvalue weighted by molar-refractivity contribution is 0.0827. The van der Waals surface area contributed by atoms with Crippen molar-refractivity contribution in [2.45, 2.75) is 0 Å². The average Bonchev–Trinajstić information content (AvgIpc) is 1.77. The average molecular weight is 130 g/mol. The van der Waals surface area contributed by atoms with E-state index in [1.807, 2.05) is 0 Å². The minimum Gasteiger partial charge on any atom is -0.395 e. The molecule has 0 saturated carbocycles. The Bertz CT molecular complexity index is 81.1. The number of likely N-dealkylation sites (tertiary alicyclic amines) is 1. The minimum atomic E-state index is 0.275. The Hall–Kier alpha value is -0.120. The van der Waals surface area contributed by atoms with Crippen LogP contribution in [0.25, 0.3) is 0 Å². The highest BCUT2D eigenvalue weighted by Crippen LogP contribution is 2.11. The number of aliphatic hydroxyl groups excluding tert-OH is 1. The molecule has 0 amide bonds. The molecule has 3 heteroatoms. The van der Waals surface area contributed by atoms with Crippen LogP contribution in [0.15, 0.2) is 0 Å². The first-order valence-electron chi connectivity index (χ1n) is 3.40. The Morgan fingerprint density at radius 2 is 2.22 bits per heavy atom. The normalized spacial score (nSPS) is 22.0. The van der Waals surface area contributed by atoms with Crippen LogP contribution in [0.5, 0.6) is 0 Å². The number of hydrogen-bond acceptors (Lipinski definition) is 3. The number of nitrogens with two attached hydrogens (primary N) is 1. The highest BCUT2D eigenvalue weighted by atomic mass is 16.3. The van der Waals surface area contributed by atoms with E-state index in [0.717, 1.165) is 26.2 Å². The van der Waals surface area contributed by atoms with Crippen LogP contribution in [0.4, 0.5) is 0 Å². The lowest BCUT2D eigenvalue weighted by Crippen LogP contribution is -2.50. The molecule has 0 aromatic rings. The van der Waals surface area contributed by atoms with Gasteiger partial charge in [-0.1, -0.05) is 0 Å². The zero-order valence-electron chi connectivity index (χ0n) is 5.58. The van der Waals surface area contributed by atoms with Gasteiger partial charge < -0.3 is 15.7 Å². The molecule has 0 aromatic carbocycles. The standard InChI is InChI=1S/C6H14N2O/c7-3-6-4-8(5-6)1-2-9/h6,9H,1-5,7H2. The predicted octanol–water partition coefficient (Wildman–Crippen LogP) is -1.13. The van der Waals surface area contributed by atoms with Gasteiger partial charge in [-0.3, -0.25) is 0 Å². The molecule has 1 fully saturated rings. The molecule has 1 aliphatic heterocycles. The fourth-order valence-electron chi connectivity index (χ4n) is 1.15. The van der Waals surface area contributed by atoms with Crippen LogP contribution < -0.4 is 5.73 Å². The van der Waals surface area contributed by atoms with Crippen LogP contribution in [0.3, 0.4) is 0 Å². The maximum atomic E-state index is 8.49. The third-order valence-corrected chi connectivity index (χ3v) is 1.78. The quantitative estimate of drug-likeness (QED) is 0.508. The van der Waals surface area contributed by atoms with Crippen LogP contribution >= 0.6 is 0 Å². The summed E-state index contributed by atoms with van der Waals surface area (Å²) in [5.41, 5.74) is 5.40. The molecule has 0 aliphatic carbocycles. The van der Waals surface area contributed by atoms with Crippen molar-refractivity contribution in [3.63, 3.8) is 0 Å². The third kappa shape index (κ3) is 1.64. The highest BCUT2D eigenvalue weighted by Gasteiger charge is 2.23. The van der Waals surface area contributed by atoms with Crippen molar-refractivity contribution in [2.75, 3.05) is 32.8 Å². The van der Waals surface area contributed by atoms with E-state index in [1.165, 1.54) is 0 Å². The monoisotopic (exact) mass is 130 g/mol. The van der Waals surface area contributed by atoms with Gasteiger partial charge in [0.1, 0.15) is 0 Å². The molecule has 3 N–H and O–H groups in total. The predicted molar refractivity (Wildman–Crippen MR) is 36.1 cm³/mol. The summed E-state index contributed by atoms with van der Waals surface area (Å²) < 4.78 is 0. The summed E-state index contributed by atoms with van der Waals surface area (Å²) in [5, 5.41) is 8.49. The van der Waals surface area contributed by atoms with Gasteiger partial charge in [-0.15, -0.1) is 0 Å². The van der Waals surface area contributed by atoms with Crippen molar-refractivity contribution < 1.29 is 5.11 Å². The minimum absolute atomic E-state index is 0.275. The zero-order chi connectivity index (χ0) is 6.69.